The summed E-state index contributed by atoms with van der Waals surface area (Å²) in [6, 6.07) is 13.9. The van der Waals surface area contributed by atoms with Crippen LogP contribution in [0.25, 0.3) is 22.2 Å². The number of halogens is 2. The van der Waals surface area contributed by atoms with Gasteiger partial charge in [-0.2, -0.15) is 0 Å². The third-order valence-corrected chi connectivity index (χ3v) is 7.08. The molecule has 0 saturated heterocycles. The molecule has 0 aliphatic rings. The van der Waals surface area contributed by atoms with Gasteiger partial charge in [-0.25, -0.2) is 18.1 Å². The fourth-order valence-corrected chi connectivity index (χ4v) is 4.47. The summed E-state index contributed by atoms with van der Waals surface area (Å²) in [6.45, 7) is 3.97. The van der Waals surface area contributed by atoms with Gasteiger partial charge in [0.15, 0.2) is 5.82 Å². The molecule has 2 N–H and O–H groups in total. The van der Waals surface area contributed by atoms with E-state index in [1.54, 1.807) is 12.3 Å². The molecule has 1 atom stereocenters. The zero-order chi connectivity index (χ0) is 23.7. The molecule has 0 saturated carbocycles. The normalized spacial score (nSPS) is 12.5. The number of H-pyrrole nitrogens is 1. The number of hydrogen-bond acceptors (Lipinski definition) is 4. The van der Waals surface area contributed by atoms with Crippen LogP contribution in [0, 0.1) is 11.6 Å². The molecule has 0 radical (unpaired) electrons. The molecule has 1 unspecified atom stereocenters. The van der Waals surface area contributed by atoms with E-state index in [0.29, 0.717) is 11.0 Å². The van der Waals surface area contributed by atoms with Crippen LogP contribution in [0.3, 0.4) is 0 Å². The van der Waals surface area contributed by atoms with Crippen molar-refractivity contribution in [3.8, 4) is 11.1 Å². The van der Waals surface area contributed by atoms with Gasteiger partial charge >= 0.3 is 0 Å². The van der Waals surface area contributed by atoms with Gasteiger partial charge in [-0.05, 0) is 61.4 Å². The van der Waals surface area contributed by atoms with Crippen molar-refractivity contribution >= 4 is 39.2 Å². The summed E-state index contributed by atoms with van der Waals surface area (Å²) in [6.07, 6.45) is 3.13. The Bertz CT molecular complexity index is 1350. The Balaban J connectivity index is 1.74. The zero-order valence-corrected chi connectivity index (χ0v) is 19.3. The van der Waals surface area contributed by atoms with Crippen LogP contribution < -0.4 is 4.72 Å². The lowest BCUT2D eigenvalue weighted by molar-refractivity contribution is 0.103. The molecular formula is C25H24F2N4OS. The summed E-state index contributed by atoms with van der Waals surface area (Å²) in [4.78, 5) is 20.6. The van der Waals surface area contributed by atoms with Crippen LogP contribution in [0.1, 0.15) is 29.8 Å². The number of carbonyl (C=O) groups is 1. The average Bonchev–Trinajstić information content (AvgIpc) is 3.24. The molecule has 5 nitrogen and oxygen atoms in total. The highest BCUT2D eigenvalue weighted by atomic mass is 32.2. The Morgan fingerprint density at radius 1 is 1.15 bits per heavy atom. The van der Waals surface area contributed by atoms with Gasteiger partial charge in [-0.3, -0.25) is 4.79 Å². The Kier molecular flexibility index (Phi) is 6.40. The van der Waals surface area contributed by atoms with E-state index >= 15 is 4.39 Å². The van der Waals surface area contributed by atoms with Crippen molar-refractivity contribution in [2.45, 2.75) is 19.9 Å². The van der Waals surface area contributed by atoms with E-state index < -0.39 is 33.8 Å². The van der Waals surface area contributed by atoms with Crippen LogP contribution >= 0.6 is 10.9 Å². The van der Waals surface area contributed by atoms with Crippen LogP contribution in [0.5, 0.6) is 0 Å². The lowest BCUT2D eigenvalue weighted by Crippen LogP contribution is -2.23. The van der Waals surface area contributed by atoms with Crippen molar-refractivity contribution in [1.29, 1.82) is 0 Å². The van der Waals surface area contributed by atoms with Crippen LogP contribution in [0.15, 0.2) is 60.9 Å². The van der Waals surface area contributed by atoms with Gasteiger partial charge in [-0.15, -0.1) is 0 Å². The van der Waals surface area contributed by atoms with E-state index in [-0.39, 0.29) is 17.3 Å². The van der Waals surface area contributed by atoms with Crippen molar-refractivity contribution in [2.24, 2.45) is 0 Å². The van der Waals surface area contributed by atoms with Crippen LogP contribution in [0.4, 0.5) is 14.5 Å². The molecule has 2 aromatic heterocycles. The molecule has 2 aromatic carbocycles. The maximum absolute atomic E-state index is 15.4. The fourth-order valence-electron chi connectivity index (χ4n) is 3.41. The van der Waals surface area contributed by atoms with Crippen molar-refractivity contribution in [3.63, 3.8) is 0 Å². The Morgan fingerprint density at radius 3 is 2.58 bits per heavy atom. The molecule has 4 rings (SSSR count). The summed E-state index contributed by atoms with van der Waals surface area (Å²) in [5, 5.41) is 0.495. The molecule has 0 aliphatic carbocycles. The maximum atomic E-state index is 15.4. The monoisotopic (exact) mass is 466 g/mol. The number of nitrogens with one attached hydrogen (secondary N) is 2. The second-order valence-electron chi connectivity index (χ2n) is 7.91. The number of nitrogens with zero attached hydrogens (tertiary/aromatic N) is 2. The predicted octanol–water partition coefficient (Wildman–Crippen LogP) is 6.02. The van der Waals surface area contributed by atoms with Gasteiger partial charge in [0.25, 0.3) is 0 Å². The Labute approximate surface area is 193 Å². The molecule has 0 fully saturated rings. The van der Waals surface area contributed by atoms with Gasteiger partial charge in [0, 0.05) is 34.9 Å². The predicted molar refractivity (Wildman–Crippen MR) is 133 cm³/mol. The number of ketones is 1. The van der Waals surface area contributed by atoms with Crippen molar-refractivity contribution in [2.75, 3.05) is 11.8 Å². The second kappa shape index (κ2) is 9.25. The van der Waals surface area contributed by atoms with Gasteiger partial charge in [-0.1, -0.05) is 30.3 Å². The Hall–Kier alpha value is -3.36. The van der Waals surface area contributed by atoms with E-state index in [4.69, 9.17) is 0 Å². The number of pyridine rings is 1. The zero-order valence-electron chi connectivity index (χ0n) is 18.5. The third kappa shape index (κ3) is 4.44. The van der Waals surface area contributed by atoms with Crippen molar-refractivity contribution in [3.05, 3.63) is 83.7 Å². The first-order valence-corrected chi connectivity index (χ1v) is 11.7. The largest absolute Gasteiger partial charge is 0.345 e. The standard InChI is InChI=1S/C25H24F2N4OS/c1-15(2)31(3)33(4)30-21-11-10-20(26)22(23(21)27)24(32)19-14-29-25-18(19)12-17(13-28-25)16-8-6-5-7-9-16/h5-15,30H,4H2,1-3H3,(H,28,29). The SMILES string of the molecule is C=S(Nc1ccc(F)c(C(=O)c2c[nH]c3ncc(-c4ccccc4)cc23)c1F)N(C)C(C)C. The first kappa shape index (κ1) is 22.8. The highest BCUT2D eigenvalue weighted by Crippen LogP contribution is 2.31. The first-order valence-electron chi connectivity index (χ1n) is 10.4. The van der Waals surface area contributed by atoms with Gasteiger partial charge in [0.1, 0.15) is 11.5 Å². The number of hydrogen-bond donors (Lipinski definition) is 2. The highest BCUT2D eigenvalue weighted by Gasteiger charge is 2.25. The maximum Gasteiger partial charge on any atom is 0.201 e. The molecular weight excluding hydrogens is 442 g/mol. The topological polar surface area (TPSA) is 61.0 Å². The van der Waals surface area contributed by atoms with E-state index in [9.17, 15) is 9.18 Å². The van der Waals surface area contributed by atoms with Crippen LogP contribution in [-0.2, 0) is 0 Å². The summed E-state index contributed by atoms with van der Waals surface area (Å²) >= 11 is 0. The number of benzene rings is 2. The second-order valence-corrected chi connectivity index (χ2v) is 9.42. The van der Waals surface area contributed by atoms with Crippen molar-refractivity contribution < 1.29 is 13.6 Å². The van der Waals surface area contributed by atoms with E-state index in [0.717, 1.165) is 17.2 Å². The summed E-state index contributed by atoms with van der Waals surface area (Å²) < 4.78 is 34.9. The highest BCUT2D eigenvalue weighted by molar-refractivity contribution is 8.13. The minimum Gasteiger partial charge on any atom is -0.345 e. The van der Waals surface area contributed by atoms with Gasteiger partial charge in [0.2, 0.25) is 5.78 Å². The number of aromatic nitrogens is 2. The quantitative estimate of drug-likeness (QED) is 0.258. The fraction of sp³-hybridized carbons (Fsp3) is 0.160. The van der Waals surface area contributed by atoms with Crippen LogP contribution in [-0.4, -0.2) is 39.0 Å². The molecule has 8 heteroatoms. The summed E-state index contributed by atoms with van der Waals surface area (Å²) in [5.74, 6) is 1.38. The molecule has 0 amide bonds. The van der Waals surface area contributed by atoms with E-state index in [1.807, 2.05) is 55.5 Å². The number of carbonyl (C=O) groups excluding carboxylic acids is 1. The van der Waals surface area contributed by atoms with Gasteiger partial charge in [0.05, 0.1) is 11.3 Å². The number of aromatic amines is 1. The molecule has 4 aromatic rings. The van der Waals surface area contributed by atoms with Crippen molar-refractivity contribution in [1.82, 2.24) is 14.3 Å². The Morgan fingerprint density at radius 2 is 1.88 bits per heavy atom. The van der Waals surface area contributed by atoms with E-state index in [2.05, 4.69) is 20.6 Å². The lowest BCUT2D eigenvalue weighted by atomic mass is 10.00. The van der Waals surface area contributed by atoms with Crippen LogP contribution in [0.2, 0.25) is 0 Å². The number of anilines is 1. The number of rotatable bonds is 7. The summed E-state index contributed by atoms with van der Waals surface area (Å²) in [7, 11) is 1.08. The minimum absolute atomic E-state index is 0.0218. The molecule has 0 aliphatic heterocycles. The smallest absolute Gasteiger partial charge is 0.201 e. The summed E-state index contributed by atoms with van der Waals surface area (Å²) in [5.41, 5.74) is 1.74. The molecule has 0 spiro atoms. The minimum atomic E-state index is -0.945. The average molecular weight is 467 g/mol. The lowest BCUT2D eigenvalue weighted by Gasteiger charge is -2.25. The first-order chi connectivity index (χ1) is 15.8. The van der Waals surface area contributed by atoms with Gasteiger partial charge < -0.3 is 9.71 Å². The molecule has 0 bridgehead atoms. The number of fused-ring (bicyclic) bond motifs is 1. The molecule has 170 valence electrons. The molecule has 33 heavy (non-hydrogen) atoms. The molecule has 2 heterocycles. The van der Waals surface area contributed by atoms with E-state index in [1.165, 1.54) is 12.3 Å². The third-order valence-electron chi connectivity index (χ3n) is 5.50.